The zero-order valence-electron chi connectivity index (χ0n) is 15.5. The number of carbonyl (C=O) groups is 2. The van der Waals surface area contributed by atoms with E-state index in [0.29, 0.717) is 10.6 Å². The van der Waals surface area contributed by atoms with Gasteiger partial charge in [-0.05, 0) is 29.3 Å². The molecule has 0 unspecified atom stereocenters. The molecule has 3 aromatic carbocycles. The van der Waals surface area contributed by atoms with E-state index in [1.54, 1.807) is 24.3 Å². The van der Waals surface area contributed by atoms with Crippen LogP contribution in [0.15, 0.2) is 78.9 Å². The number of hydrogen-bond acceptors (Lipinski definition) is 3. The van der Waals surface area contributed by atoms with Gasteiger partial charge in [-0.3, -0.25) is 9.59 Å². The molecule has 0 radical (unpaired) electrons. The highest BCUT2D eigenvalue weighted by molar-refractivity contribution is 6.30. The zero-order chi connectivity index (χ0) is 20.2. The van der Waals surface area contributed by atoms with Crippen LogP contribution in [-0.4, -0.2) is 23.3 Å². The highest BCUT2D eigenvalue weighted by atomic mass is 35.5. The average Bonchev–Trinajstić information content (AvgIpc) is 3.14. The maximum Gasteiger partial charge on any atom is 0.310 e. The van der Waals surface area contributed by atoms with Crippen LogP contribution in [0.3, 0.4) is 0 Å². The lowest BCUT2D eigenvalue weighted by Crippen LogP contribution is -2.16. The molecule has 0 aliphatic rings. The molecule has 0 aliphatic carbocycles. The van der Waals surface area contributed by atoms with Crippen LogP contribution in [0, 0.1) is 0 Å². The maximum atomic E-state index is 13.0. The molecule has 4 aromatic rings. The van der Waals surface area contributed by atoms with E-state index in [9.17, 15) is 9.59 Å². The summed E-state index contributed by atoms with van der Waals surface area (Å²) in [6.07, 6.45) is 0.0872. The second-order valence-corrected chi connectivity index (χ2v) is 7.11. The summed E-state index contributed by atoms with van der Waals surface area (Å²) >= 11 is 5.86. The van der Waals surface area contributed by atoms with Crippen LogP contribution in [0.4, 0.5) is 0 Å². The molecule has 4 nitrogen and oxygen atoms in total. The fourth-order valence-electron chi connectivity index (χ4n) is 3.29. The molecule has 0 aliphatic heterocycles. The number of fused-ring (bicyclic) bond motifs is 1. The number of ether oxygens (including phenoxy) is 1. The molecule has 0 spiro atoms. The number of H-pyrrole nitrogens is 1. The second-order valence-electron chi connectivity index (χ2n) is 6.67. The van der Waals surface area contributed by atoms with Crippen molar-refractivity contribution in [3.05, 3.63) is 95.0 Å². The largest absolute Gasteiger partial charge is 0.457 e. The van der Waals surface area contributed by atoms with Crippen molar-refractivity contribution in [3.63, 3.8) is 0 Å². The fourth-order valence-corrected chi connectivity index (χ4v) is 3.42. The van der Waals surface area contributed by atoms with Gasteiger partial charge in [0.05, 0.1) is 17.7 Å². The van der Waals surface area contributed by atoms with Gasteiger partial charge in [0, 0.05) is 15.9 Å². The average molecular weight is 404 g/mol. The maximum absolute atomic E-state index is 13.0. The molecule has 1 heterocycles. The number of aromatic amines is 1. The summed E-state index contributed by atoms with van der Waals surface area (Å²) < 4.78 is 5.27. The van der Waals surface area contributed by atoms with Gasteiger partial charge in [0.1, 0.15) is 0 Å². The number of aromatic nitrogens is 1. The van der Waals surface area contributed by atoms with Crippen LogP contribution in [0.1, 0.15) is 15.9 Å². The molecule has 144 valence electrons. The van der Waals surface area contributed by atoms with Gasteiger partial charge in [-0.2, -0.15) is 0 Å². The summed E-state index contributed by atoms with van der Waals surface area (Å²) in [5.41, 5.74) is 3.81. The van der Waals surface area contributed by atoms with E-state index < -0.39 is 5.97 Å². The summed E-state index contributed by atoms with van der Waals surface area (Å²) in [4.78, 5) is 28.5. The van der Waals surface area contributed by atoms with Gasteiger partial charge in [-0.1, -0.05) is 72.3 Å². The van der Waals surface area contributed by atoms with E-state index in [1.807, 2.05) is 54.6 Å². The number of rotatable bonds is 6. The Hall–Kier alpha value is -3.37. The van der Waals surface area contributed by atoms with Crippen molar-refractivity contribution in [1.29, 1.82) is 0 Å². The van der Waals surface area contributed by atoms with Crippen LogP contribution in [0.25, 0.3) is 22.2 Å². The van der Waals surface area contributed by atoms with Crippen LogP contribution >= 0.6 is 11.6 Å². The lowest BCUT2D eigenvalue weighted by Gasteiger charge is -2.07. The van der Waals surface area contributed by atoms with Crippen LogP contribution in [0.5, 0.6) is 0 Å². The third kappa shape index (κ3) is 4.23. The summed E-state index contributed by atoms with van der Waals surface area (Å²) in [6.45, 7) is -0.311. The number of esters is 1. The number of hydrogen-bond donors (Lipinski definition) is 1. The lowest BCUT2D eigenvalue weighted by molar-refractivity contribution is -0.141. The summed E-state index contributed by atoms with van der Waals surface area (Å²) in [5.74, 6) is -0.701. The minimum atomic E-state index is -0.457. The molecule has 0 saturated carbocycles. The molecular weight excluding hydrogens is 386 g/mol. The third-order valence-corrected chi connectivity index (χ3v) is 4.93. The first-order valence-electron chi connectivity index (χ1n) is 9.21. The number of ketones is 1. The van der Waals surface area contributed by atoms with Crippen molar-refractivity contribution in [2.24, 2.45) is 0 Å². The Morgan fingerprint density at radius 2 is 1.55 bits per heavy atom. The second kappa shape index (κ2) is 8.33. The monoisotopic (exact) mass is 403 g/mol. The van der Waals surface area contributed by atoms with Gasteiger partial charge >= 0.3 is 5.97 Å². The lowest BCUT2D eigenvalue weighted by atomic mass is 10.0. The Morgan fingerprint density at radius 3 is 2.31 bits per heavy atom. The Kier molecular flexibility index (Phi) is 5.45. The van der Waals surface area contributed by atoms with E-state index in [2.05, 4.69) is 4.98 Å². The van der Waals surface area contributed by atoms with Gasteiger partial charge in [0.15, 0.2) is 6.61 Å². The minimum Gasteiger partial charge on any atom is -0.457 e. The smallest absolute Gasteiger partial charge is 0.310 e. The van der Waals surface area contributed by atoms with Crippen LogP contribution in [0.2, 0.25) is 5.02 Å². The number of Topliss-reactive ketones (excluding diaryl/α,β-unsaturated/α-hetero) is 1. The first-order valence-corrected chi connectivity index (χ1v) is 9.59. The Morgan fingerprint density at radius 1 is 0.862 bits per heavy atom. The van der Waals surface area contributed by atoms with Crippen molar-refractivity contribution in [1.82, 2.24) is 4.98 Å². The minimum absolute atomic E-state index is 0.0872. The number of halogens is 1. The molecule has 1 aromatic heterocycles. The zero-order valence-corrected chi connectivity index (χ0v) is 16.3. The van der Waals surface area contributed by atoms with Crippen molar-refractivity contribution >= 4 is 34.3 Å². The normalized spacial score (nSPS) is 10.8. The molecule has 29 heavy (non-hydrogen) atoms. The first-order chi connectivity index (χ1) is 14.1. The summed E-state index contributed by atoms with van der Waals surface area (Å²) in [6, 6.07) is 24.2. The number of nitrogens with one attached hydrogen (secondary N) is 1. The third-order valence-electron chi connectivity index (χ3n) is 4.67. The molecule has 4 rings (SSSR count). The van der Waals surface area contributed by atoms with Gasteiger partial charge in [-0.25, -0.2) is 0 Å². The first kappa shape index (κ1) is 19.0. The number of carbonyl (C=O) groups excluding carboxylic acids is 2. The van der Waals surface area contributed by atoms with E-state index >= 15 is 0 Å². The fraction of sp³-hybridized carbons (Fsp3) is 0.0833. The van der Waals surface area contributed by atoms with E-state index in [0.717, 1.165) is 27.7 Å². The molecule has 0 saturated heterocycles. The van der Waals surface area contributed by atoms with Crippen molar-refractivity contribution in [2.75, 3.05) is 6.61 Å². The Balaban J connectivity index is 1.55. The van der Waals surface area contributed by atoms with Crippen LogP contribution < -0.4 is 0 Å². The number of para-hydroxylation sites is 1. The van der Waals surface area contributed by atoms with E-state index in [-0.39, 0.29) is 18.8 Å². The van der Waals surface area contributed by atoms with E-state index in [1.165, 1.54) is 0 Å². The van der Waals surface area contributed by atoms with Gasteiger partial charge in [0.25, 0.3) is 0 Å². The molecular formula is C24H18ClNO3. The van der Waals surface area contributed by atoms with E-state index in [4.69, 9.17) is 16.3 Å². The predicted octanol–water partition coefficient (Wildman–Crippen LogP) is 5.46. The van der Waals surface area contributed by atoms with Crippen molar-refractivity contribution in [2.45, 2.75) is 6.42 Å². The molecule has 0 fully saturated rings. The SMILES string of the molecule is O=C(Cc1ccc(Cl)cc1)OCC(=O)c1c(-c2ccccc2)[nH]c2ccccc12. The standard InChI is InChI=1S/C24H18ClNO3/c25-18-12-10-16(11-13-18)14-22(28)29-15-21(27)23-19-8-4-5-9-20(19)26-24(23)17-6-2-1-3-7-17/h1-13,26H,14-15H2. The van der Waals surface area contributed by atoms with Crippen molar-refractivity contribution < 1.29 is 14.3 Å². The molecule has 0 atom stereocenters. The Bertz CT molecular complexity index is 1160. The highest BCUT2D eigenvalue weighted by Gasteiger charge is 2.20. The predicted molar refractivity (Wildman–Crippen MR) is 114 cm³/mol. The summed E-state index contributed by atoms with van der Waals surface area (Å²) in [7, 11) is 0. The van der Waals surface area contributed by atoms with Gasteiger partial charge in [-0.15, -0.1) is 0 Å². The molecule has 5 heteroatoms. The molecule has 0 amide bonds. The van der Waals surface area contributed by atoms with Gasteiger partial charge in [0.2, 0.25) is 5.78 Å². The number of benzene rings is 3. The van der Waals surface area contributed by atoms with Gasteiger partial charge < -0.3 is 9.72 Å². The van der Waals surface area contributed by atoms with Crippen LogP contribution in [-0.2, 0) is 16.0 Å². The topological polar surface area (TPSA) is 59.2 Å². The molecule has 0 bridgehead atoms. The molecule has 1 N–H and O–H groups in total. The Labute approximate surface area is 173 Å². The van der Waals surface area contributed by atoms with Crippen molar-refractivity contribution in [3.8, 4) is 11.3 Å². The summed E-state index contributed by atoms with van der Waals surface area (Å²) in [5, 5.41) is 1.41. The highest BCUT2D eigenvalue weighted by Crippen LogP contribution is 2.30. The quantitative estimate of drug-likeness (QED) is 0.343.